The first kappa shape index (κ1) is 19.2. The molecule has 26 heavy (non-hydrogen) atoms. The third-order valence-electron chi connectivity index (χ3n) is 6.19. The minimum absolute atomic E-state index is 1.16. The van der Waals surface area contributed by atoms with Crippen LogP contribution in [0.15, 0.2) is 29.8 Å². The molecule has 0 saturated carbocycles. The highest BCUT2D eigenvalue weighted by molar-refractivity contribution is 6.88. The van der Waals surface area contributed by atoms with Crippen molar-refractivity contribution < 1.29 is 0 Å². The van der Waals surface area contributed by atoms with Gasteiger partial charge in [0.15, 0.2) is 0 Å². The number of benzene rings is 2. The summed E-state index contributed by atoms with van der Waals surface area (Å²) in [6.45, 7) is 16.5. The molecule has 0 unspecified atom stereocenters. The molecule has 2 aromatic carbocycles. The van der Waals surface area contributed by atoms with Gasteiger partial charge in [-0.2, -0.15) is 0 Å². The fraction of sp³-hybridized carbons (Fsp3) is 0.440. The predicted molar refractivity (Wildman–Crippen MR) is 120 cm³/mol. The molecule has 138 valence electrons. The van der Waals surface area contributed by atoms with E-state index in [0.29, 0.717) is 0 Å². The Labute approximate surface area is 161 Å². The summed E-state index contributed by atoms with van der Waals surface area (Å²) in [7, 11) is -1.25. The van der Waals surface area contributed by atoms with Crippen LogP contribution in [0.5, 0.6) is 0 Å². The van der Waals surface area contributed by atoms with Crippen LogP contribution in [0, 0.1) is 20.8 Å². The van der Waals surface area contributed by atoms with Gasteiger partial charge in [-0.05, 0) is 79.0 Å². The normalized spacial score (nSPS) is 13.7. The van der Waals surface area contributed by atoms with Crippen LogP contribution in [0.3, 0.4) is 0 Å². The van der Waals surface area contributed by atoms with Gasteiger partial charge in [0.1, 0.15) is 0 Å². The van der Waals surface area contributed by atoms with Crippen molar-refractivity contribution in [3.63, 3.8) is 0 Å². The fourth-order valence-corrected chi connectivity index (χ4v) is 5.36. The standard InChI is InChI=1S/C25H34Si/c1-8-9-10-20-15-23-18(3)17(2)19(4)25(24(23)16-20)21-11-13-22(14-12-21)26(5,6)7/h11-14,16H,8-10,15H2,1-7H3. The molecule has 2 aromatic rings. The first-order valence-corrected chi connectivity index (χ1v) is 13.7. The smallest absolute Gasteiger partial charge is 0.0656 e. The quantitative estimate of drug-likeness (QED) is 0.505. The SMILES string of the molecule is CCCCC1=Cc2c(c(C)c(C)c(C)c2-c2ccc([Si](C)(C)C)cc2)C1. The van der Waals surface area contributed by atoms with E-state index in [1.807, 2.05) is 0 Å². The van der Waals surface area contributed by atoms with Gasteiger partial charge < -0.3 is 0 Å². The summed E-state index contributed by atoms with van der Waals surface area (Å²) in [6, 6.07) is 9.48. The molecule has 0 nitrogen and oxygen atoms in total. The van der Waals surface area contributed by atoms with Crippen LogP contribution < -0.4 is 5.19 Å². The fourth-order valence-electron chi connectivity index (χ4n) is 4.19. The number of allylic oxidation sites excluding steroid dienone is 1. The van der Waals surface area contributed by atoms with E-state index in [9.17, 15) is 0 Å². The average molecular weight is 363 g/mol. The van der Waals surface area contributed by atoms with Crippen molar-refractivity contribution >= 4 is 19.3 Å². The van der Waals surface area contributed by atoms with Crippen LogP contribution in [0.4, 0.5) is 0 Å². The molecular weight excluding hydrogens is 328 g/mol. The monoisotopic (exact) mass is 362 g/mol. The number of hydrogen-bond acceptors (Lipinski definition) is 0. The molecule has 1 aliphatic carbocycles. The zero-order chi connectivity index (χ0) is 19.1. The summed E-state index contributed by atoms with van der Waals surface area (Å²) >= 11 is 0. The number of fused-ring (bicyclic) bond motifs is 1. The summed E-state index contributed by atoms with van der Waals surface area (Å²) < 4.78 is 0. The van der Waals surface area contributed by atoms with E-state index in [1.54, 1.807) is 16.3 Å². The minimum Gasteiger partial charge on any atom is -0.0656 e. The zero-order valence-electron chi connectivity index (χ0n) is 17.7. The number of unbranched alkanes of at least 4 members (excludes halogenated alkanes) is 1. The molecule has 0 N–H and O–H groups in total. The molecule has 0 amide bonds. The lowest BCUT2D eigenvalue weighted by Gasteiger charge is -2.20. The van der Waals surface area contributed by atoms with Crippen molar-refractivity contribution in [3.05, 3.63) is 57.7 Å². The van der Waals surface area contributed by atoms with Crippen molar-refractivity contribution in [2.75, 3.05) is 0 Å². The summed E-state index contributed by atoms with van der Waals surface area (Å²) in [5.41, 5.74) is 12.0. The molecule has 0 aliphatic heterocycles. The summed E-state index contributed by atoms with van der Waals surface area (Å²) in [5.74, 6) is 0. The van der Waals surface area contributed by atoms with E-state index in [2.05, 4.69) is 77.7 Å². The molecular formula is C25H34Si. The zero-order valence-corrected chi connectivity index (χ0v) is 18.7. The van der Waals surface area contributed by atoms with Crippen LogP contribution in [0.1, 0.15) is 54.0 Å². The minimum atomic E-state index is -1.25. The second-order valence-electron chi connectivity index (χ2n) is 9.05. The molecule has 0 spiro atoms. The van der Waals surface area contributed by atoms with Crippen LogP contribution in [-0.4, -0.2) is 8.07 Å². The highest BCUT2D eigenvalue weighted by Crippen LogP contribution is 2.41. The van der Waals surface area contributed by atoms with Crippen LogP contribution >= 0.6 is 0 Å². The molecule has 1 heteroatoms. The second kappa shape index (κ2) is 7.19. The Bertz CT molecular complexity index is 845. The summed E-state index contributed by atoms with van der Waals surface area (Å²) in [5, 5.41) is 1.54. The van der Waals surface area contributed by atoms with Gasteiger partial charge in [0.2, 0.25) is 0 Å². The molecule has 0 fully saturated rings. The maximum atomic E-state index is 2.51. The molecule has 1 aliphatic rings. The average Bonchev–Trinajstić information content (AvgIpc) is 3.02. The third-order valence-corrected chi connectivity index (χ3v) is 8.26. The number of rotatable bonds is 5. The highest BCUT2D eigenvalue weighted by Gasteiger charge is 2.23. The van der Waals surface area contributed by atoms with Crippen molar-refractivity contribution in [1.82, 2.24) is 0 Å². The maximum Gasteiger partial charge on any atom is 0.0775 e. The molecule has 0 saturated heterocycles. The summed E-state index contributed by atoms with van der Waals surface area (Å²) in [4.78, 5) is 0. The second-order valence-corrected chi connectivity index (χ2v) is 14.1. The van der Waals surface area contributed by atoms with E-state index in [1.165, 1.54) is 52.6 Å². The van der Waals surface area contributed by atoms with E-state index in [4.69, 9.17) is 0 Å². The van der Waals surface area contributed by atoms with E-state index in [-0.39, 0.29) is 0 Å². The first-order valence-electron chi connectivity index (χ1n) is 10.2. The Balaban J connectivity index is 2.12. The van der Waals surface area contributed by atoms with Crippen molar-refractivity contribution in [2.24, 2.45) is 0 Å². The van der Waals surface area contributed by atoms with E-state index in [0.717, 1.165) is 6.42 Å². The Kier molecular flexibility index (Phi) is 5.30. The summed E-state index contributed by atoms with van der Waals surface area (Å²) in [6.07, 6.45) is 7.48. The van der Waals surface area contributed by atoms with Gasteiger partial charge in [-0.15, -0.1) is 0 Å². The molecule has 0 atom stereocenters. The van der Waals surface area contributed by atoms with Gasteiger partial charge >= 0.3 is 0 Å². The third kappa shape index (κ3) is 3.47. The lowest BCUT2D eigenvalue weighted by Crippen LogP contribution is -2.37. The molecule has 3 rings (SSSR count). The first-order chi connectivity index (χ1) is 12.2. The van der Waals surface area contributed by atoms with Crippen LogP contribution in [0.2, 0.25) is 19.6 Å². The van der Waals surface area contributed by atoms with Crippen molar-refractivity contribution in [3.8, 4) is 11.1 Å². The molecule has 0 heterocycles. The van der Waals surface area contributed by atoms with Crippen molar-refractivity contribution in [1.29, 1.82) is 0 Å². The van der Waals surface area contributed by atoms with Gasteiger partial charge in [0.05, 0.1) is 8.07 Å². The van der Waals surface area contributed by atoms with E-state index >= 15 is 0 Å². The Morgan fingerprint density at radius 3 is 2.12 bits per heavy atom. The molecule has 0 aromatic heterocycles. The van der Waals surface area contributed by atoms with Gasteiger partial charge in [-0.1, -0.05) is 74.1 Å². The van der Waals surface area contributed by atoms with Gasteiger partial charge in [-0.25, -0.2) is 0 Å². The molecule has 0 bridgehead atoms. The highest BCUT2D eigenvalue weighted by atomic mass is 28.3. The Morgan fingerprint density at radius 2 is 1.54 bits per heavy atom. The lowest BCUT2D eigenvalue weighted by molar-refractivity contribution is 0.779. The van der Waals surface area contributed by atoms with Gasteiger partial charge in [0, 0.05) is 0 Å². The Morgan fingerprint density at radius 1 is 0.885 bits per heavy atom. The lowest BCUT2D eigenvalue weighted by atomic mass is 9.86. The topological polar surface area (TPSA) is 0 Å². The molecule has 0 radical (unpaired) electrons. The van der Waals surface area contributed by atoms with Crippen LogP contribution in [0.25, 0.3) is 17.2 Å². The van der Waals surface area contributed by atoms with Crippen LogP contribution in [-0.2, 0) is 6.42 Å². The number of hydrogen-bond donors (Lipinski definition) is 0. The largest absolute Gasteiger partial charge is 0.0775 e. The predicted octanol–water partition coefficient (Wildman–Crippen LogP) is 6.95. The van der Waals surface area contributed by atoms with Crippen molar-refractivity contribution in [2.45, 2.75) is 73.0 Å². The van der Waals surface area contributed by atoms with E-state index < -0.39 is 8.07 Å². The van der Waals surface area contributed by atoms with Gasteiger partial charge in [0.25, 0.3) is 0 Å². The maximum absolute atomic E-state index is 2.51. The Hall–Kier alpha value is -1.60. The van der Waals surface area contributed by atoms with Gasteiger partial charge in [-0.3, -0.25) is 0 Å².